The first kappa shape index (κ1) is 30.2. The molecule has 4 aromatic rings. The Hall–Kier alpha value is -3.36. The van der Waals surface area contributed by atoms with E-state index in [1.165, 1.54) is 11.8 Å². The first-order valence-electron chi connectivity index (χ1n) is 12.2. The van der Waals surface area contributed by atoms with Gasteiger partial charge in [0.2, 0.25) is 0 Å². The molecule has 0 bridgehead atoms. The van der Waals surface area contributed by atoms with Gasteiger partial charge < -0.3 is 15.2 Å². The van der Waals surface area contributed by atoms with E-state index < -0.39 is 5.97 Å². The molecule has 0 aliphatic carbocycles. The summed E-state index contributed by atoms with van der Waals surface area (Å²) in [4.78, 5) is 27.3. The molecule has 1 saturated heterocycles. The first-order chi connectivity index (χ1) is 18.5. The van der Waals surface area contributed by atoms with Crippen molar-refractivity contribution in [2.45, 2.75) is 26.4 Å². The first-order valence-corrected chi connectivity index (χ1v) is 13.0. The second-order valence-electron chi connectivity index (χ2n) is 8.40. The Bertz CT molecular complexity index is 1470. The molecule has 8 heteroatoms. The van der Waals surface area contributed by atoms with Crippen LogP contribution in [0.4, 0.5) is 5.69 Å². The van der Waals surface area contributed by atoms with E-state index in [9.17, 15) is 9.59 Å². The van der Waals surface area contributed by atoms with Crippen molar-refractivity contribution in [3.8, 4) is 5.75 Å². The number of carboxylic acids is 1. The largest absolute Gasteiger partial charge is 1.00 e. The third kappa shape index (κ3) is 9.11. The molecule has 1 fully saturated rings. The van der Waals surface area contributed by atoms with Crippen LogP contribution in [0.3, 0.4) is 0 Å². The summed E-state index contributed by atoms with van der Waals surface area (Å²) in [6.45, 7) is 2.29. The number of aliphatic imine (C=N–C) groups is 1. The number of thioether (sulfide) groups is 1. The smallest absolute Gasteiger partial charge is 0.488 e. The molecular weight excluding hydrogens is 519 g/mol. The normalized spacial score (nSPS) is 14.3. The number of ether oxygens (including phenoxy) is 1. The van der Waals surface area contributed by atoms with Gasteiger partial charge >= 0.3 is 35.5 Å². The third-order valence-electron chi connectivity index (χ3n) is 5.45. The summed E-state index contributed by atoms with van der Waals surface area (Å²) in [6, 6.07) is 32.5. The number of hydrogen-bond acceptors (Lipinski definition) is 5. The minimum atomic E-state index is -0.711. The molecule has 6 nitrogen and oxygen atoms in total. The van der Waals surface area contributed by atoms with Crippen molar-refractivity contribution in [2.24, 2.45) is 4.99 Å². The van der Waals surface area contributed by atoms with Crippen LogP contribution in [0.25, 0.3) is 16.8 Å². The molecule has 4 aromatic carbocycles. The monoisotopic (exact) mass is 546 g/mol. The molecular formula is C31H27N2NaO4S. The van der Waals surface area contributed by atoms with Crippen LogP contribution in [-0.2, 0) is 16.2 Å². The molecule has 1 aliphatic heterocycles. The Morgan fingerprint density at radius 3 is 2.33 bits per heavy atom. The maximum atomic E-state index is 12.6. The van der Waals surface area contributed by atoms with Crippen molar-refractivity contribution in [3.63, 3.8) is 0 Å². The second-order valence-corrected chi connectivity index (χ2v) is 9.43. The van der Waals surface area contributed by atoms with Crippen LogP contribution in [0.15, 0.2) is 101 Å². The van der Waals surface area contributed by atoms with Crippen molar-refractivity contribution in [3.05, 3.63) is 113 Å². The van der Waals surface area contributed by atoms with Gasteiger partial charge in [-0.15, -0.1) is 12.1 Å². The van der Waals surface area contributed by atoms with Crippen molar-refractivity contribution in [1.82, 2.24) is 5.32 Å². The molecule has 192 valence electrons. The minimum Gasteiger partial charge on any atom is -0.488 e. The number of aliphatic carboxylic acids is 1. The van der Waals surface area contributed by atoms with Gasteiger partial charge in [-0.1, -0.05) is 61.5 Å². The van der Waals surface area contributed by atoms with E-state index in [1.807, 2.05) is 73.7 Å². The number of amidine groups is 1. The van der Waals surface area contributed by atoms with Gasteiger partial charge in [0.25, 0.3) is 5.91 Å². The van der Waals surface area contributed by atoms with Crippen LogP contribution >= 0.6 is 11.8 Å². The van der Waals surface area contributed by atoms with Crippen LogP contribution in [0, 0.1) is 6.07 Å². The molecule has 2 N–H and O–H groups in total. The van der Waals surface area contributed by atoms with Crippen LogP contribution in [0.2, 0.25) is 0 Å². The molecule has 0 aromatic heterocycles. The Morgan fingerprint density at radius 1 is 1.03 bits per heavy atom. The standard InChI is InChI=1S/C27H19N2O2S.C4H8O2.Na/c30-26-25(32-27(29-26)28-23-13-5-2-6-14-23)17-22-15-20-11-7-8-12-21(20)16-24(22)31-18-19-9-3-1-4-10-19;1-2-3-4(5)6;/h1,3-17H,18H2,(H,28,29,30);2-3H2,1H3,(H,5,6);/q-1;;+1. The average molecular weight is 547 g/mol. The van der Waals surface area contributed by atoms with Gasteiger partial charge in [-0.05, 0) is 58.4 Å². The summed E-state index contributed by atoms with van der Waals surface area (Å²) < 4.78 is 6.18. The predicted octanol–water partition coefficient (Wildman–Crippen LogP) is 3.99. The molecule has 0 spiro atoms. The van der Waals surface area contributed by atoms with E-state index in [1.54, 1.807) is 12.1 Å². The van der Waals surface area contributed by atoms with E-state index in [4.69, 9.17) is 9.84 Å². The maximum absolute atomic E-state index is 12.6. The molecule has 0 atom stereocenters. The number of amides is 1. The summed E-state index contributed by atoms with van der Waals surface area (Å²) in [5, 5.41) is 13.5. The fourth-order valence-electron chi connectivity index (χ4n) is 3.62. The average Bonchev–Trinajstić information content (AvgIpc) is 3.27. The molecule has 1 heterocycles. The van der Waals surface area contributed by atoms with Crippen molar-refractivity contribution in [2.75, 3.05) is 0 Å². The van der Waals surface area contributed by atoms with Gasteiger partial charge in [0, 0.05) is 12.0 Å². The van der Waals surface area contributed by atoms with Crippen molar-refractivity contribution in [1.29, 1.82) is 0 Å². The Labute approximate surface area is 254 Å². The number of carbonyl (C=O) groups is 2. The van der Waals surface area contributed by atoms with E-state index in [0.717, 1.165) is 39.8 Å². The number of benzene rings is 4. The topological polar surface area (TPSA) is 88.0 Å². The number of carboxylic acid groups (broad SMARTS) is 1. The summed E-state index contributed by atoms with van der Waals surface area (Å²) in [7, 11) is 0. The third-order valence-corrected chi connectivity index (χ3v) is 6.36. The number of nitrogens with zero attached hydrogens (tertiary/aromatic N) is 1. The molecule has 1 amide bonds. The van der Waals surface area contributed by atoms with Gasteiger partial charge in [0.1, 0.15) is 12.4 Å². The molecule has 1 aliphatic rings. The Morgan fingerprint density at radius 2 is 1.69 bits per heavy atom. The fraction of sp³-hybridized carbons (Fsp3) is 0.129. The Balaban J connectivity index is 0.000000543. The molecule has 5 rings (SSSR count). The predicted molar refractivity (Wildman–Crippen MR) is 153 cm³/mol. The van der Waals surface area contributed by atoms with Crippen molar-refractivity contribution < 1.29 is 49.0 Å². The van der Waals surface area contributed by atoms with Crippen molar-refractivity contribution >= 4 is 51.3 Å². The fourth-order valence-corrected chi connectivity index (χ4v) is 4.45. The molecule has 39 heavy (non-hydrogen) atoms. The molecule has 0 radical (unpaired) electrons. The van der Waals surface area contributed by atoms with Gasteiger partial charge in [-0.3, -0.25) is 14.6 Å². The molecule has 0 saturated carbocycles. The summed E-state index contributed by atoms with van der Waals surface area (Å²) >= 11 is 1.32. The Kier molecular flexibility index (Phi) is 11.8. The van der Waals surface area contributed by atoms with Gasteiger partial charge in [-0.2, -0.15) is 18.2 Å². The zero-order valence-corrected chi connectivity index (χ0v) is 24.7. The quantitative estimate of drug-likeness (QED) is 0.208. The number of fused-ring (bicyclic) bond motifs is 1. The number of nitrogens with one attached hydrogen (secondary N) is 1. The van der Waals surface area contributed by atoms with Crippen LogP contribution < -0.4 is 39.6 Å². The van der Waals surface area contributed by atoms with Crippen LogP contribution in [-0.4, -0.2) is 22.2 Å². The summed E-state index contributed by atoms with van der Waals surface area (Å²) in [5.74, 6) is -0.145. The zero-order valence-electron chi connectivity index (χ0n) is 21.9. The maximum Gasteiger partial charge on any atom is 1.00 e. The number of carbonyl (C=O) groups excluding carboxylic acids is 1. The summed E-state index contributed by atoms with van der Waals surface area (Å²) in [6.07, 6.45) is 2.89. The van der Waals surface area contributed by atoms with Gasteiger partial charge in [0.15, 0.2) is 5.17 Å². The summed E-state index contributed by atoms with van der Waals surface area (Å²) in [5.41, 5.74) is 2.71. The number of rotatable bonds is 7. The van der Waals surface area contributed by atoms with Gasteiger partial charge in [-0.25, -0.2) is 0 Å². The zero-order chi connectivity index (χ0) is 26.7. The van der Waals surface area contributed by atoms with E-state index in [2.05, 4.69) is 34.6 Å². The number of hydrogen-bond donors (Lipinski definition) is 2. The van der Waals surface area contributed by atoms with Crippen LogP contribution in [0.5, 0.6) is 5.75 Å². The molecule has 0 unspecified atom stereocenters. The second kappa shape index (κ2) is 15.3. The van der Waals surface area contributed by atoms with E-state index in [-0.39, 0.29) is 35.5 Å². The van der Waals surface area contributed by atoms with E-state index >= 15 is 0 Å². The minimum absolute atomic E-state index is 0. The SMILES string of the molecule is CCCC(=O)O.O=C1NC(=Nc2cc[c-]cc2)SC1=Cc1cc2ccccc2cc1OCc1ccccc1.[Na+]. The van der Waals surface area contributed by atoms with Crippen LogP contribution in [0.1, 0.15) is 30.9 Å². The van der Waals surface area contributed by atoms with E-state index in [0.29, 0.717) is 23.1 Å². The van der Waals surface area contributed by atoms with Gasteiger partial charge in [0.05, 0.1) is 4.91 Å².